The molecule has 4 rings (SSSR count). The smallest absolute Gasteiger partial charge is 0.258 e. The molecule has 1 amide bonds. The zero-order valence-electron chi connectivity index (χ0n) is 15.3. The number of nitrogens with one attached hydrogen (secondary N) is 1. The van der Waals surface area contributed by atoms with Crippen LogP contribution in [0.2, 0.25) is 10.0 Å². The van der Waals surface area contributed by atoms with Crippen molar-refractivity contribution in [2.24, 2.45) is 0 Å². The largest absolute Gasteiger partial charge is 0.306 e. The quantitative estimate of drug-likeness (QED) is 0.644. The lowest BCUT2D eigenvalue weighted by Crippen LogP contribution is -2.17. The maximum Gasteiger partial charge on any atom is 0.258 e. The molecule has 0 saturated carbocycles. The minimum absolute atomic E-state index is 0.267. The molecule has 8 heteroatoms. The zero-order chi connectivity index (χ0) is 20.0. The van der Waals surface area contributed by atoms with Crippen LogP contribution in [0.5, 0.6) is 0 Å². The van der Waals surface area contributed by atoms with Gasteiger partial charge in [0.2, 0.25) is 0 Å². The molecule has 0 bridgehead atoms. The van der Waals surface area contributed by atoms with Gasteiger partial charge in [0.05, 0.1) is 33.5 Å². The molecule has 1 aromatic heterocycles. The Kier molecular flexibility index (Phi) is 5.04. The topological polar surface area (TPSA) is 64.0 Å². The zero-order valence-corrected chi connectivity index (χ0v) is 17.6. The molecule has 1 aliphatic heterocycles. The van der Waals surface area contributed by atoms with Crippen LogP contribution in [0, 0.1) is 13.8 Å². The number of nitrogens with zero attached hydrogens (tertiary/aromatic N) is 2. The first-order valence-electron chi connectivity index (χ1n) is 8.64. The standard InChI is InChI=1S/C20H17Cl2N3O2S/c1-11-4-3-5-18(12(11)2)25-19(15-9-28(27)10-17(15)24-25)23-20(26)14-7-6-13(21)8-16(14)22/h3-8H,9-10H2,1-2H3,(H,23,26). The SMILES string of the molecule is Cc1cccc(-n2nc3c(c2NC(=O)c2ccc(Cl)cc2Cl)CS(=O)C3)c1C. The summed E-state index contributed by atoms with van der Waals surface area (Å²) in [5, 5.41) is 8.31. The van der Waals surface area contributed by atoms with Gasteiger partial charge in [-0.25, -0.2) is 4.68 Å². The van der Waals surface area contributed by atoms with Crippen LogP contribution < -0.4 is 5.32 Å². The van der Waals surface area contributed by atoms with E-state index in [4.69, 9.17) is 23.2 Å². The van der Waals surface area contributed by atoms with E-state index >= 15 is 0 Å². The number of amides is 1. The van der Waals surface area contributed by atoms with Crippen LogP contribution in [-0.4, -0.2) is 19.9 Å². The average Bonchev–Trinajstić information content (AvgIpc) is 3.14. The molecular formula is C20H17Cl2N3O2S. The van der Waals surface area contributed by atoms with Gasteiger partial charge in [-0.05, 0) is 49.2 Å². The second-order valence-electron chi connectivity index (χ2n) is 6.71. The third-order valence-corrected chi connectivity index (χ3v) is 6.64. The van der Waals surface area contributed by atoms with Gasteiger partial charge < -0.3 is 5.32 Å². The van der Waals surface area contributed by atoms with E-state index in [1.807, 2.05) is 32.0 Å². The molecule has 3 aromatic rings. The van der Waals surface area contributed by atoms with Crippen molar-refractivity contribution in [1.82, 2.24) is 9.78 Å². The summed E-state index contributed by atoms with van der Waals surface area (Å²) in [6, 6.07) is 10.6. The molecular weight excluding hydrogens is 417 g/mol. The fourth-order valence-electron chi connectivity index (χ4n) is 3.24. The van der Waals surface area contributed by atoms with E-state index < -0.39 is 10.8 Å². The van der Waals surface area contributed by atoms with Crippen LogP contribution in [0.3, 0.4) is 0 Å². The summed E-state index contributed by atoms with van der Waals surface area (Å²) >= 11 is 12.1. The van der Waals surface area contributed by atoms with E-state index in [1.165, 1.54) is 6.07 Å². The Morgan fingerprint density at radius 3 is 2.71 bits per heavy atom. The second kappa shape index (κ2) is 7.35. The molecule has 1 N–H and O–H groups in total. The molecule has 0 saturated heterocycles. The lowest BCUT2D eigenvalue weighted by atomic mass is 10.1. The molecule has 1 aliphatic rings. The number of carbonyl (C=O) groups excluding carboxylic acids is 1. The van der Waals surface area contributed by atoms with Crippen molar-refractivity contribution in [3.8, 4) is 5.69 Å². The lowest BCUT2D eigenvalue weighted by Gasteiger charge is -2.14. The van der Waals surface area contributed by atoms with Gasteiger partial charge in [-0.15, -0.1) is 0 Å². The average molecular weight is 434 g/mol. The number of rotatable bonds is 3. The highest BCUT2D eigenvalue weighted by Gasteiger charge is 2.29. The number of anilines is 1. The number of hydrogen-bond acceptors (Lipinski definition) is 3. The summed E-state index contributed by atoms with van der Waals surface area (Å²) in [6.45, 7) is 4.04. The number of aromatic nitrogens is 2. The summed E-state index contributed by atoms with van der Waals surface area (Å²) in [5.41, 5.74) is 4.92. The van der Waals surface area contributed by atoms with Gasteiger partial charge in [-0.3, -0.25) is 9.00 Å². The van der Waals surface area contributed by atoms with Crippen molar-refractivity contribution in [3.63, 3.8) is 0 Å². The highest BCUT2D eigenvalue weighted by Crippen LogP contribution is 2.33. The normalized spacial score (nSPS) is 15.5. The molecule has 1 unspecified atom stereocenters. The summed E-state index contributed by atoms with van der Waals surface area (Å²) in [5.74, 6) is 0.918. The third kappa shape index (κ3) is 3.36. The van der Waals surface area contributed by atoms with Crippen LogP contribution in [0.1, 0.15) is 32.7 Å². The van der Waals surface area contributed by atoms with E-state index in [0.29, 0.717) is 27.9 Å². The van der Waals surface area contributed by atoms with Gasteiger partial charge in [0.15, 0.2) is 0 Å². The van der Waals surface area contributed by atoms with E-state index in [-0.39, 0.29) is 10.9 Å². The monoisotopic (exact) mass is 433 g/mol. The van der Waals surface area contributed by atoms with Gasteiger partial charge in [-0.1, -0.05) is 35.3 Å². The van der Waals surface area contributed by atoms with Gasteiger partial charge in [0.1, 0.15) is 5.82 Å². The van der Waals surface area contributed by atoms with Gasteiger partial charge in [-0.2, -0.15) is 5.10 Å². The van der Waals surface area contributed by atoms with Crippen LogP contribution >= 0.6 is 23.2 Å². The predicted octanol–water partition coefficient (Wildman–Crippen LogP) is 4.81. The minimum atomic E-state index is -1.01. The number of benzene rings is 2. The number of fused-ring (bicyclic) bond motifs is 1. The first-order chi connectivity index (χ1) is 13.3. The van der Waals surface area contributed by atoms with E-state index in [2.05, 4.69) is 10.4 Å². The minimum Gasteiger partial charge on any atom is -0.306 e. The summed E-state index contributed by atoms with van der Waals surface area (Å²) < 4.78 is 13.8. The first kappa shape index (κ1) is 19.2. The van der Waals surface area contributed by atoms with Crippen LogP contribution in [0.4, 0.5) is 5.82 Å². The highest BCUT2D eigenvalue weighted by molar-refractivity contribution is 7.83. The van der Waals surface area contributed by atoms with Crippen molar-refractivity contribution in [2.45, 2.75) is 25.4 Å². The fourth-order valence-corrected chi connectivity index (χ4v) is 5.00. The Morgan fingerprint density at radius 1 is 1.18 bits per heavy atom. The predicted molar refractivity (Wildman–Crippen MR) is 113 cm³/mol. The summed E-state index contributed by atoms with van der Waals surface area (Å²) in [7, 11) is -1.01. The molecule has 1 atom stereocenters. The van der Waals surface area contributed by atoms with Gasteiger partial charge in [0.25, 0.3) is 5.91 Å². The number of hydrogen-bond donors (Lipinski definition) is 1. The van der Waals surface area contributed by atoms with Crippen LogP contribution in [0.25, 0.3) is 5.69 Å². The van der Waals surface area contributed by atoms with Crippen LogP contribution in [0.15, 0.2) is 36.4 Å². The Bertz CT molecular complexity index is 1140. The Balaban J connectivity index is 1.80. The van der Waals surface area contributed by atoms with Crippen molar-refractivity contribution in [3.05, 3.63) is 74.4 Å². The van der Waals surface area contributed by atoms with Crippen molar-refractivity contribution in [1.29, 1.82) is 0 Å². The van der Waals surface area contributed by atoms with E-state index in [1.54, 1.807) is 16.8 Å². The second-order valence-corrected chi connectivity index (χ2v) is 9.01. The van der Waals surface area contributed by atoms with E-state index in [9.17, 15) is 9.00 Å². The molecule has 0 aliphatic carbocycles. The number of aryl methyl sites for hydroxylation is 1. The molecule has 0 radical (unpaired) electrons. The molecule has 0 fully saturated rings. The molecule has 2 aromatic carbocycles. The fraction of sp³-hybridized carbons (Fsp3) is 0.200. The Labute approximate surface area is 175 Å². The first-order valence-corrected chi connectivity index (χ1v) is 10.9. The molecule has 5 nitrogen and oxygen atoms in total. The summed E-state index contributed by atoms with van der Waals surface area (Å²) in [6.07, 6.45) is 0. The van der Waals surface area contributed by atoms with Crippen molar-refractivity contribution >= 4 is 45.7 Å². The maximum absolute atomic E-state index is 12.9. The Hall–Kier alpha value is -2.15. The Morgan fingerprint density at radius 2 is 1.96 bits per heavy atom. The number of halogens is 2. The molecule has 144 valence electrons. The van der Waals surface area contributed by atoms with Gasteiger partial charge in [0, 0.05) is 21.4 Å². The molecule has 28 heavy (non-hydrogen) atoms. The lowest BCUT2D eigenvalue weighted by molar-refractivity contribution is 0.102. The third-order valence-electron chi connectivity index (χ3n) is 4.88. The highest BCUT2D eigenvalue weighted by atomic mass is 35.5. The summed E-state index contributed by atoms with van der Waals surface area (Å²) in [4.78, 5) is 12.9. The van der Waals surface area contributed by atoms with Crippen molar-refractivity contribution in [2.75, 3.05) is 5.32 Å². The molecule has 2 heterocycles. The van der Waals surface area contributed by atoms with E-state index in [0.717, 1.165) is 28.1 Å². The molecule has 0 spiro atoms. The van der Waals surface area contributed by atoms with Crippen LogP contribution in [-0.2, 0) is 22.3 Å². The number of carbonyl (C=O) groups is 1. The maximum atomic E-state index is 12.9. The van der Waals surface area contributed by atoms with Gasteiger partial charge >= 0.3 is 0 Å². The van der Waals surface area contributed by atoms with Crippen molar-refractivity contribution < 1.29 is 9.00 Å².